The van der Waals surface area contributed by atoms with Gasteiger partial charge in [0.05, 0.1) is 6.21 Å². The number of nitrogens with two attached hydrogens (primary N) is 1. The highest BCUT2D eigenvalue weighted by atomic mass is 16.4. The number of carboxylic acid groups (broad SMARTS) is 1. The SMILES string of the molecule is NN=Cc1ccc(C(=O)N2CCC3(CCC(CC(=O)O)CC3)CC2)cc1. The Kier molecular flexibility index (Phi) is 5.59. The second-order valence-electron chi connectivity index (χ2n) is 7.73. The number of carbonyl (C=O) groups is 2. The summed E-state index contributed by atoms with van der Waals surface area (Å²) in [6.45, 7) is 1.57. The molecular formula is C20H27N3O3. The lowest BCUT2D eigenvalue weighted by atomic mass is 9.65. The topological polar surface area (TPSA) is 96.0 Å². The minimum atomic E-state index is -0.685. The van der Waals surface area contributed by atoms with Gasteiger partial charge in [0.25, 0.3) is 5.91 Å². The number of nitrogens with zero attached hydrogens (tertiary/aromatic N) is 2. The average molecular weight is 357 g/mol. The first-order valence-corrected chi connectivity index (χ1v) is 9.36. The van der Waals surface area contributed by atoms with Gasteiger partial charge in [-0.25, -0.2) is 0 Å². The van der Waals surface area contributed by atoms with Gasteiger partial charge in [0.15, 0.2) is 0 Å². The van der Waals surface area contributed by atoms with Crippen LogP contribution in [0.15, 0.2) is 29.4 Å². The number of hydrogen-bond donors (Lipinski definition) is 2. The number of benzene rings is 1. The number of hydrogen-bond acceptors (Lipinski definition) is 4. The van der Waals surface area contributed by atoms with Crippen LogP contribution in [-0.2, 0) is 4.79 Å². The zero-order valence-corrected chi connectivity index (χ0v) is 15.1. The Bertz CT molecular complexity index is 666. The molecule has 140 valence electrons. The number of carbonyl (C=O) groups excluding carboxylic acids is 1. The van der Waals surface area contributed by atoms with Gasteiger partial charge in [-0.15, -0.1) is 0 Å². The zero-order valence-electron chi connectivity index (χ0n) is 15.1. The lowest BCUT2D eigenvalue weighted by molar-refractivity contribution is -0.138. The molecule has 1 spiro atoms. The van der Waals surface area contributed by atoms with Crippen LogP contribution < -0.4 is 5.84 Å². The van der Waals surface area contributed by atoms with Gasteiger partial charge in [0.2, 0.25) is 0 Å². The molecule has 6 heteroatoms. The van der Waals surface area contributed by atoms with Gasteiger partial charge in [-0.05, 0) is 67.6 Å². The van der Waals surface area contributed by atoms with E-state index < -0.39 is 5.97 Å². The first-order chi connectivity index (χ1) is 12.5. The molecule has 1 heterocycles. The highest BCUT2D eigenvalue weighted by Gasteiger charge is 2.39. The van der Waals surface area contributed by atoms with E-state index in [0.717, 1.165) is 57.2 Å². The fourth-order valence-corrected chi connectivity index (χ4v) is 4.41. The van der Waals surface area contributed by atoms with E-state index in [2.05, 4.69) is 5.10 Å². The van der Waals surface area contributed by atoms with E-state index in [4.69, 9.17) is 10.9 Å². The molecule has 2 aliphatic rings. The summed E-state index contributed by atoms with van der Waals surface area (Å²) in [5.74, 6) is 4.86. The molecule has 0 atom stereocenters. The van der Waals surface area contributed by atoms with Crippen LogP contribution in [0.4, 0.5) is 0 Å². The summed E-state index contributed by atoms with van der Waals surface area (Å²) in [6.07, 6.45) is 8.10. The Hall–Kier alpha value is -2.37. The molecule has 1 amide bonds. The van der Waals surface area contributed by atoms with Crippen LogP contribution in [0.1, 0.15) is 60.9 Å². The minimum Gasteiger partial charge on any atom is -0.481 e. The number of aliphatic carboxylic acids is 1. The van der Waals surface area contributed by atoms with Crippen molar-refractivity contribution in [2.24, 2.45) is 22.3 Å². The van der Waals surface area contributed by atoms with E-state index in [9.17, 15) is 9.59 Å². The zero-order chi connectivity index (χ0) is 18.6. The molecule has 26 heavy (non-hydrogen) atoms. The largest absolute Gasteiger partial charge is 0.481 e. The Morgan fingerprint density at radius 2 is 1.77 bits per heavy atom. The van der Waals surface area contributed by atoms with Crippen molar-refractivity contribution in [2.45, 2.75) is 44.9 Å². The molecule has 3 rings (SSSR count). The summed E-state index contributed by atoms with van der Waals surface area (Å²) in [5, 5.41) is 12.4. The van der Waals surface area contributed by atoms with Gasteiger partial charge in [-0.3, -0.25) is 9.59 Å². The number of likely N-dealkylation sites (tertiary alicyclic amines) is 1. The standard InChI is InChI=1S/C20H27N3O3/c21-22-14-16-1-3-17(4-2-16)19(26)23-11-9-20(10-12-23)7-5-15(6-8-20)13-18(24)25/h1-4,14-15H,5-13,21H2,(H,24,25). The molecule has 0 unspecified atom stereocenters. The minimum absolute atomic E-state index is 0.0793. The normalized spacial score (nSPS) is 20.5. The van der Waals surface area contributed by atoms with E-state index in [1.165, 1.54) is 0 Å². The van der Waals surface area contributed by atoms with Crippen molar-refractivity contribution in [1.82, 2.24) is 4.90 Å². The first-order valence-electron chi connectivity index (χ1n) is 9.36. The van der Waals surface area contributed by atoms with Crippen LogP contribution in [-0.4, -0.2) is 41.2 Å². The van der Waals surface area contributed by atoms with Crippen molar-refractivity contribution in [3.05, 3.63) is 35.4 Å². The molecule has 0 aromatic heterocycles. The number of carboxylic acids is 1. The maximum Gasteiger partial charge on any atom is 0.303 e. The molecule has 0 radical (unpaired) electrons. The van der Waals surface area contributed by atoms with E-state index in [-0.39, 0.29) is 5.91 Å². The summed E-state index contributed by atoms with van der Waals surface area (Å²) in [4.78, 5) is 25.5. The van der Waals surface area contributed by atoms with Crippen molar-refractivity contribution < 1.29 is 14.7 Å². The molecule has 1 aliphatic carbocycles. The highest BCUT2D eigenvalue weighted by Crippen LogP contribution is 2.47. The molecule has 2 fully saturated rings. The number of hydrazone groups is 1. The predicted octanol–water partition coefficient (Wildman–Crippen LogP) is 2.87. The molecule has 1 saturated heterocycles. The monoisotopic (exact) mass is 357 g/mol. The number of piperidine rings is 1. The molecule has 1 aromatic rings. The van der Waals surface area contributed by atoms with Crippen molar-refractivity contribution in [1.29, 1.82) is 0 Å². The molecule has 1 aliphatic heterocycles. The van der Waals surface area contributed by atoms with Gasteiger partial charge in [0.1, 0.15) is 0 Å². The summed E-state index contributed by atoms with van der Waals surface area (Å²) in [5.41, 5.74) is 1.88. The molecular weight excluding hydrogens is 330 g/mol. The van der Waals surface area contributed by atoms with E-state index >= 15 is 0 Å². The van der Waals surface area contributed by atoms with Gasteiger partial charge in [-0.2, -0.15) is 5.10 Å². The van der Waals surface area contributed by atoms with E-state index in [1.54, 1.807) is 6.21 Å². The summed E-state index contributed by atoms with van der Waals surface area (Å²) >= 11 is 0. The third-order valence-electron chi connectivity index (χ3n) is 6.12. The van der Waals surface area contributed by atoms with Gasteiger partial charge >= 0.3 is 5.97 Å². The third kappa shape index (κ3) is 4.23. The quantitative estimate of drug-likeness (QED) is 0.492. The Morgan fingerprint density at radius 1 is 1.15 bits per heavy atom. The molecule has 1 aromatic carbocycles. The lowest BCUT2D eigenvalue weighted by Gasteiger charge is -2.46. The maximum absolute atomic E-state index is 12.7. The molecule has 3 N–H and O–H groups in total. The van der Waals surface area contributed by atoms with Crippen molar-refractivity contribution >= 4 is 18.1 Å². The van der Waals surface area contributed by atoms with Crippen molar-refractivity contribution in [3.63, 3.8) is 0 Å². The Labute approximate surface area is 154 Å². The van der Waals surface area contributed by atoms with E-state index in [1.807, 2.05) is 29.2 Å². The van der Waals surface area contributed by atoms with Crippen molar-refractivity contribution in [2.75, 3.05) is 13.1 Å². The van der Waals surface area contributed by atoms with Crippen LogP contribution in [0, 0.1) is 11.3 Å². The van der Waals surface area contributed by atoms with Crippen molar-refractivity contribution in [3.8, 4) is 0 Å². The summed E-state index contributed by atoms with van der Waals surface area (Å²) in [7, 11) is 0. The highest BCUT2D eigenvalue weighted by molar-refractivity contribution is 5.95. The van der Waals surface area contributed by atoms with Crippen LogP contribution in [0.3, 0.4) is 0 Å². The van der Waals surface area contributed by atoms with Gasteiger partial charge in [0, 0.05) is 25.1 Å². The number of amides is 1. The molecule has 1 saturated carbocycles. The molecule has 6 nitrogen and oxygen atoms in total. The fraction of sp³-hybridized carbons (Fsp3) is 0.550. The first kappa shape index (κ1) is 18.4. The summed E-state index contributed by atoms with van der Waals surface area (Å²) < 4.78 is 0. The van der Waals surface area contributed by atoms with E-state index in [0.29, 0.717) is 23.3 Å². The maximum atomic E-state index is 12.7. The van der Waals surface area contributed by atoms with Gasteiger partial charge < -0.3 is 15.8 Å². The van der Waals surface area contributed by atoms with Crippen LogP contribution in [0.5, 0.6) is 0 Å². The number of rotatable bonds is 4. The van der Waals surface area contributed by atoms with Crippen LogP contribution >= 0.6 is 0 Å². The second kappa shape index (κ2) is 7.89. The Morgan fingerprint density at radius 3 is 2.31 bits per heavy atom. The second-order valence-corrected chi connectivity index (χ2v) is 7.73. The Balaban J connectivity index is 1.53. The summed E-state index contributed by atoms with van der Waals surface area (Å²) in [6, 6.07) is 7.33. The third-order valence-corrected chi connectivity index (χ3v) is 6.12. The van der Waals surface area contributed by atoms with Crippen LogP contribution in [0.2, 0.25) is 0 Å². The lowest BCUT2D eigenvalue weighted by Crippen LogP contribution is -2.44. The molecule has 0 bridgehead atoms. The van der Waals surface area contributed by atoms with Gasteiger partial charge in [-0.1, -0.05) is 12.1 Å². The van der Waals surface area contributed by atoms with Crippen LogP contribution in [0.25, 0.3) is 0 Å². The smallest absolute Gasteiger partial charge is 0.303 e. The predicted molar refractivity (Wildman–Crippen MR) is 100 cm³/mol. The fourth-order valence-electron chi connectivity index (χ4n) is 4.41. The average Bonchev–Trinajstić information content (AvgIpc) is 2.65.